The number of benzene rings is 2. The molecule has 1 aromatic heterocycles. The number of aromatic amines is 1. The Labute approximate surface area is 115 Å². The monoisotopic (exact) mass is 264 g/mol. The maximum Gasteiger partial charge on any atom is 0.271 e. The van der Waals surface area contributed by atoms with Crippen molar-refractivity contribution in [3.8, 4) is 0 Å². The average molecular weight is 264 g/mol. The molecular formula is C16H12N2O2. The molecule has 2 aromatic carbocycles. The van der Waals surface area contributed by atoms with Crippen LogP contribution in [0.25, 0.3) is 23.1 Å². The van der Waals surface area contributed by atoms with E-state index in [9.17, 15) is 10.1 Å². The van der Waals surface area contributed by atoms with Gasteiger partial charge in [-0.2, -0.15) is 0 Å². The summed E-state index contributed by atoms with van der Waals surface area (Å²) < 4.78 is 0. The summed E-state index contributed by atoms with van der Waals surface area (Å²) in [6.07, 6.45) is 3.96. The topological polar surface area (TPSA) is 58.9 Å². The van der Waals surface area contributed by atoms with E-state index in [1.165, 1.54) is 6.07 Å². The predicted molar refractivity (Wildman–Crippen MR) is 80.3 cm³/mol. The van der Waals surface area contributed by atoms with Crippen molar-refractivity contribution < 1.29 is 4.92 Å². The van der Waals surface area contributed by atoms with Crippen molar-refractivity contribution in [1.29, 1.82) is 0 Å². The van der Waals surface area contributed by atoms with E-state index < -0.39 is 0 Å². The molecule has 98 valence electrons. The van der Waals surface area contributed by atoms with Crippen molar-refractivity contribution in [3.63, 3.8) is 0 Å². The van der Waals surface area contributed by atoms with Gasteiger partial charge < -0.3 is 4.98 Å². The Hall–Kier alpha value is -2.88. The summed E-state index contributed by atoms with van der Waals surface area (Å²) in [5, 5.41) is 11.7. The van der Waals surface area contributed by atoms with E-state index >= 15 is 0 Å². The van der Waals surface area contributed by atoms with Crippen LogP contribution < -0.4 is 0 Å². The maximum atomic E-state index is 10.7. The highest BCUT2D eigenvalue weighted by molar-refractivity contribution is 5.86. The van der Waals surface area contributed by atoms with Gasteiger partial charge in [0.15, 0.2) is 0 Å². The van der Waals surface area contributed by atoms with Crippen LogP contribution in [0.2, 0.25) is 0 Å². The number of nitrogens with zero attached hydrogens (tertiary/aromatic N) is 1. The third-order valence-electron chi connectivity index (χ3n) is 3.09. The van der Waals surface area contributed by atoms with Gasteiger partial charge in [-0.05, 0) is 23.8 Å². The smallest absolute Gasteiger partial charge is 0.271 e. The normalized spacial score (nSPS) is 11.2. The second-order valence-electron chi connectivity index (χ2n) is 4.50. The van der Waals surface area contributed by atoms with Crippen LogP contribution in [0.1, 0.15) is 11.3 Å². The number of non-ortho nitro benzene ring substituents is 1. The van der Waals surface area contributed by atoms with Crippen LogP contribution in [0.3, 0.4) is 0 Å². The van der Waals surface area contributed by atoms with Crippen molar-refractivity contribution in [2.24, 2.45) is 0 Å². The van der Waals surface area contributed by atoms with Crippen molar-refractivity contribution in [1.82, 2.24) is 4.98 Å². The first kappa shape index (κ1) is 12.2. The minimum atomic E-state index is -0.389. The summed E-state index contributed by atoms with van der Waals surface area (Å²) in [5.41, 5.74) is 2.89. The molecule has 0 saturated heterocycles. The Bertz CT molecular complexity index is 789. The summed E-state index contributed by atoms with van der Waals surface area (Å²) in [5.74, 6) is 0. The van der Waals surface area contributed by atoms with Gasteiger partial charge in [0.25, 0.3) is 5.69 Å². The van der Waals surface area contributed by atoms with Crippen LogP contribution in [0.15, 0.2) is 54.6 Å². The molecule has 0 fully saturated rings. The highest BCUT2D eigenvalue weighted by Crippen LogP contribution is 2.22. The summed E-state index contributed by atoms with van der Waals surface area (Å²) >= 11 is 0. The molecule has 0 radical (unpaired) electrons. The van der Waals surface area contributed by atoms with E-state index in [1.807, 2.05) is 48.6 Å². The fraction of sp³-hybridized carbons (Fsp3) is 0. The highest BCUT2D eigenvalue weighted by Gasteiger charge is 2.07. The lowest BCUT2D eigenvalue weighted by molar-refractivity contribution is -0.384. The molecule has 0 unspecified atom stereocenters. The number of hydrogen-bond acceptors (Lipinski definition) is 2. The number of rotatable bonds is 3. The quantitative estimate of drug-likeness (QED) is 0.568. The zero-order chi connectivity index (χ0) is 13.9. The van der Waals surface area contributed by atoms with Gasteiger partial charge in [-0.25, -0.2) is 0 Å². The summed E-state index contributed by atoms with van der Waals surface area (Å²) in [6.45, 7) is 0. The van der Waals surface area contributed by atoms with Gasteiger partial charge in [-0.3, -0.25) is 10.1 Å². The molecule has 20 heavy (non-hydrogen) atoms. The van der Waals surface area contributed by atoms with E-state index in [0.717, 1.165) is 22.2 Å². The summed E-state index contributed by atoms with van der Waals surface area (Å²) in [6, 6.07) is 16.8. The molecule has 1 N–H and O–H groups in total. The predicted octanol–water partition coefficient (Wildman–Crippen LogP) is 4.25. The van der Waals surface area contributed by atoms with Crippen LogP contribution in [0.5, 0.6) is 0 Å². The van der Waals surface area contributed by atoms with Crippen molar-refractivity contribution in [3.05, 3.63) is 76.0 Å². The van der Waals surface area contributed by atoms with Gasteiger partial charge in [0, 0.05) is 23.2 Å². The number of aromatic nitrogens is 1. The van der Waals surface area contributed by atoms with E-state index in [0.29, 0.717) is 0 Å². The Morgan fingerprint density at radius 2 is 1.80 bits per heavy atom. The zero-order valence-electron chi connectivity index (χ0n) is 10.6. The minimum absolute atomic E-state index is 0.0953. The number of H-pyrrole nitrogens is 1. The zero-order valence-corrected chi connectivity index (χ0v) is 10.6. The van der Waals surface area contributed by atoms with Crippen LogP contribution in [-0.4, -0.2) is 9.91 Å². The van der Waals surface area contributed by atoms with E-state index in [-0.39, 0.29) is 10.6 Å². The molecule has 3 rings (SSSR count). The van der Waals surface area contributed by atoms with Crippen LogP contribution in [0, 0.1) is 10.1 Å². The fourth-order valence-electron chi connectivity index (χ4n) is 2.09. The van der Waals surface area contributed by atoms with Crippen molar-refractivity contribution >= 4 is 28.7 Å². The van der Waals surface area contributed by atoms with Gasteiger partial charge >= 0.3 is 0 Å². The standard InChI is InChI=1S/C16H12N2O2/c19-18(20)15-9-7-13-10-14(17-16(13)11-15)8-6-12-4-2-1-3-5-12/h1-11,17H. The molecule has 1 heterocycles. The van der Waals surface area contributed by atoms with Gasteiger partial charge in [-0.15, -0.1) is 0 Å². The lowest BCUT2D eigenvalue weighted by Crippen LogP contribution is -1.86. The second-order valence-corrected chi connectivity index (χ2v) is 4.50. The lowest BCUT2D eigenvalue weighted by Gasteiger charge is -1.91. The van der Waals surface area contributed by atoms with Gasteiger partial charge in [-0.1, -0.05) is 36.4 Å². The number of fused-ring (bicyclic) bond motifs is 1. The molecule has 0 atom stereocenters. The van der Waals surface area contributed by atoms with Crippen LogP contribution >= 0.6 is 0 Å². The molecule has 4 nitrogen and oxygen atoms in total. The first-order chi connectivity index (χ1) is 9.72. The van der Waals surface area contributed by atoms with Crippen molar-refractivity contribution in [2.75, 3.05) is 0 Å². The summed E-state index contributed by atoms with van der Waals surface area (Å²) in [4.78, 5) is 13.5. The number of nitrogens with one attached hydrogen (secondary N) is 1. The Balaban J connectivity index is 1.93. The largest absolute Gasteiger partial charge is 0.355 e. The molecule has 4 heteroatoms. The molecule has 0 saturated carbocycles. The average Bonchev–Trinajstić information content (AvgIpc) is 2.88. The van der Waals surface area contributed by atoms with Gasteiger partial charge in [0.05, 0.1) is 10.4 Å². The van der Waals surface area contributed by atoms with Crippen LogP contribution in [-0.2, 0) is 0 Å². The number of hydrogen-bond donors (Lipinski definition) is 1. The van der Waals surface area contributed by atoms with Gasteiger partial charge in [0.2, 0.25) is 0 Å². The molecule has 3 aromatic rings. The van der Waals surface area contributed by atoms with Gasteiger partial charge in [0.1, 0.15) is 0 Å². The third kappa shape index (κ3) is 2.44. The minimum Gasteiger partial charge on any atom is -0.355 e. The second kappa shape index (κ2) is 5.01. The molecule has 0 spiro atoms. The molecule has 0 amide bonds. The molecule has 0 aliphatic heterocycles. The third-order valence-corrected chi connectivity index (χ3v) is 3.09. The fourth-order valence-corrected chi connectivity index (χ4v) is 2.09. The Morgan fingerprint density at radius 3 is 2.55 bits per heavy atom. The maximum absolute atomic E-state index is 10.7. The Kier molecular flexibility index (Phi) is 3.05. The SMILES string of the molecule is O=[N+]([O-])c1ccc2cc(C=Cc3ccccc3)[nH]c2c1. The molecular weight excluding hydrogens is 252 g/mol. The number of nitro groups is 1. The first-order valence-electron chi connectivity index (χ1n) is 6.23. The molecule has 0 aliphatic carbocycles. The summed E-state index contributed by atoms with van der Waals surface area (Å²) in [7, 11) is 0. The van der Waals surface area contributed by atoms with Crippen molar-refractivity contribution in [2.45, 2.75) is 0 Å². The van der Waals surface area contributed by atoms with E-state index in [2.05, 4.69) is 4.98 Å². The number of nitro benzene ring substituents is 1. The molecule has 0 aliphatic rings. The lowest BCUT2D eigenvalue weighted by atomic mass is 10.2. The first-order valence-corrected chi connectivity index (χ1v) is 6.23. The Morgan fingerprint density at radius 1 is 1.00 bits per heavy atom. The van der Waals surface area contributed by atoms with E-state index in [4.69, 9.17) is 0 Å². The highest BCUT2D eigenvalue weighted by atomic mass is 16.6. The van der Waals surface area contributed by atoms with Crippen LogP contribution in [0.4, 0.5) is 5.69 Å². The van der Waals surface area contributed by atoms with E-state index in [1.54, 1.807) is 12.1 Å². The molecule has 0 bridgehead atoms.